The van der Waals surface area contributed by atoms with Crippen molar-refractivity contribution in [2.24, 2.45) is 0 Å². The molecule has 0 aliphatic rings. The second-order valence-electron chi connectivity index (χ2n) is 2.87. The van der Waals surface area contributed by atoms with E-state index in [-0.39, 0.29) is 20.7 Å². The highest BCUT2D eigenvalue weighted by atomic mass is 35.5. The van der Waals surface area contributed by atoms with Gasteiger partial charge in [-0.1, -0.05) is 23.2 Å². The van der Waals surface area contributed by atoms with E-state index in [2.05, 4.69) is 0 Å². The molecule has 0 unspecified atom stereocenters. The van der Waals surface area contributed by atoms with E-state index in [9.17, 15) is 13.2 Å². The Morgan fingerprint density at radius 3 is 2.41 bits per heavy atom. The summed E-state index contributed by atoms with van der Waals surface area (Å²) in [5.41, 5.74) is 0. The molecule has 0 atom stereocenters. The van der Waals surface area contributed by atoms with Gasteiger partial charge >= 0.3 is 5.97 Å². The number of benzene rings is 1. The van der Waals surface area contributed by atoms with Crippen LogP contribution in [0.4, 0.5) is 0 Å². The van der Waals surface area contributed by atoms with E-state index in [4.69, 9.17) is 32.9 Å². The third kappa shape index (κ3) is 4.04. The first-order valence-electron chi connectivity index (χ1n) is 4.03. The van der Waals surface area contributed by atoms with Crippen LogP contribution in [0.3, 0.4) is 0 Å². The number of halogens is 2. The third-order valence-electron chi connectivity index (χ3n) is 1.60. The molecule has 0 bridgehead atoms. The molecule has 1 aromatic carbocycles. The van der Waals surface area contributed by atoms with Gasteiger partial charge in [0, 0.05) is 9.92 Å². The van der Waals surface area contributed by atoms with E-state index >= 15 is 0 Å². The van der Waals surface area contributed by atoms with Gasteiger partial charge in [0.25, 0.3) is 10.1 Å². The van der Waals surface area contributed by atoms with Crippen LogP contribution < -0.4 is 0 Å². The van der Waals surface area contributed by atoms with E-state index in [1.54, 1.807) is 0 Å². The Hall–Kier alpha value is -0.470. The Bertz CT molecular complexity index is 555. The molecule has 9 heteroatoms. The summed E-state index contributed by atoms with van der Waals surface area (Å²) < 4.78 is 30.9. The van der Waals surface area contributed by atoms with Gasteiger partial charge in [0.05, 0.1) is 10.8 Å². The number of carbonyl (C=O) groups is 1. The maximum Gasteiger partial charge on any atom is 0.313 e. The summed E-state index contributed by atoms with van der Waals surface area (Å²) >= 11 is 12.2. The lowest BCUT2D eigenvalue weighted by molar-refractivity contribution is -0.133. The van der Waals surface area contributed by atoms with Crippen molar-refractivity contribution in [1.29, 1.82) is 0 Å². The molecule has 0 heterocycles. The molecule has 0 aromatic heterocycles. The zero-order valence-corrected chi connectivity index (χ0v) is 11.2. The van der Waals surface area contributed by atoms with Crippen LogP contribution in [0.15, 0.2) is 21.9 Å². The Kier molecular flexibility index (Phi) is 4.68. The quantitative estimate of drug-likeness (QED) is 0.654. The van der Waals surface area contributed by atoms with Crippen molar-refractivity contribution in [2.45, 2.75) is 9.79 Å². The fraction of sp³-hybridized carbons (Fsp3) is 0.125. The largest absolute Gasteiger partial charge is 0.481 e. The SMILES string of the molecule is O=C(O)CSc1cc(Cl)cc(S(=O)(=O)O)c1Cl. The van der Waals surface area contributed by atoms with Crippen molar-refractivity contribution in [3.8, 4) is 0 Å². The summed E-state index contributed by atoms with van der Waals surface area (Å²) in [7, 11) is -4.49. The van der Waals surface area contributed by atoms with Gasteiger partial charge in [-0.05, 0) is 12.1 Å². The van der Waals surface area contributed by atoms with E-state index in [0.717, 1.165) is 17.8 Å². The molecule has 1 aromatic rings. The van der Waals surface area contributed by atoms with Gasteiger partial charge in [-0.3, -0.25) is 9.35 Å². The topological polar surface area (TPSA) is 91.7 Å². The number of aliphatic carboxylic acids is 1. The normalized spacial score (nSPS) is 11.5. The van der Waals surface area contributed by atoms with Crippen molar-refractivity contribution in [3.63, 3.8) is 0 Å². The standard InChI is InChI=1S/C8H6Cl2O5S2/c9-4-1-5(16-3-7(11)12)8(10)6(2-4)17(13,14)15/h1-2H,3H2,(H,11,12)(H,13,14,15). The molecule has 1 rings (SSSR count). The number of carboxylic acid groups (broad SMARTS) is 1. The summed E-state index contributed by atoms with van der Waals surface area (Å²) in [4.78, 5) is 10.0. The third-order valence-corrected chi connectivity index (χ3v) is 4.35. The van der Waals surface area contributed by atoms with Gasteiger partial charge in [0.2, 0.25) is 0 Å². The minimum absolute atomic E-state index is 0.0370. The Morgan fingerprint density at radius 1 is 1.35 bits per heavy atom. The number of hydrogen-bond acceptors (Lipinski definition) is 4. The summed E-state index contributed by atoms with van der Waals surface area (Å²) in [5.74, 6) is -1.38. The van der Waals surface area contributed by atoms with Gasteiger partial charge in [-0.15, -0.1) is 11.8 Å². The van der Waals surface area contributed by atoms with E-state index < -0.39 is 21.0 Å². The van der Waals surface area contributed by atoms with Gasteiger partial charge in [-0.2, -0.15) is 8.42 Å². The zero-order chi connectivity index (χ0) is 13.2. The van der Waals surface area contributed by atoms with Gasteiger partial charge in [-0.25, -0.2) is 0 Å². The van der Waals surface area contributed by atoms with Crippen LogP contribution in [0.1, 0.15) is 0 Å². The smallest absolute Gasteiger partial charge is 0.313 e. The summed E-state index contributed by atoms with van der Waals surface area (Å²) in [6.07, 6.45) is 0. The van der Waals surface area contributed by atoms with Crippen LogP contribution in [-0.4, -0.2) is 29.8 Å². The predicted molar refractivity (Wildman–Crippen MR) is 64.6 cm³/mol. The van der Waals surface area contributed by atoms with Crippen LogP contribution in [0.2, 0.25) is 10.0 Å². The molecular formula is C8H6Cl2O5S2. The van der Waals surface area contributed by atoms with Crippen molar-refractivity contribution in [3.05, 3.63) is 22.2 Å². The van der Waals surface area contributed by atoms with Crippen molar-refractivity contribution in [1.82, 2.24) is 0 Å². The zero-order valence-electron chi connectivity index (χ0n) is 8.05. The van der Waals surface area contributed by atoms with Crippen molar-refractivity contribution >= 4 is 51.1 Å². The molecule has 17 heavy (non-hydrogen) atoms. The Labute approximate surface area is 111 Å². The molecule has 0 aliphatic carbocycles. The maximum atomic E-state index is 11.0. The molecular weight excluding hydrogens is 311 g/mol. The highest BCUT2D eigenvalue weighted by molar-refractivity contribution is 8.00. The molecule has 0 fully saturated rings. The second-order valence-corrected chi connectivity index (χ2v) is 6.10. The van der Waals surface area contributed by atoms with Crippen LogP contribution in [0.25, 0.3) is 0 Å². The number of carboxylic acids is 1. The van der Waals surface area contributed by atoms with Gasteiger partial charge in [0.1, 0.15) is 4.90 Å². The highest BCUT2D eigenvalue weighted by Gasteiger charge is 2.19. The first-order valence-corrected chi connectivity index (χ1v) is 7.21. The molecule has 94 valence electrons. The predicted octanol–water partition coefficient (Wildman–Crippen LogP) is 2.42. The van der Waals surface area contributed by atoms with Gasteiger partial charge in [0.15, 0.2) is 0 Å². The van der Waals surface area contributed by atoms with Crippen molar-refractivity contribution < 1.29 is 22.9 Å². The number of thioether (sulfide) groups is 1. The van der Waals surface area contributed by atoms with Crippen LogP contribution >= 0.6 is 35.0 Å². The van der Waals surface area contributed by atoms with E-state index in [1.165, 1.54) is 6.07 Å². The van der Waals surface area contributed by atoms with Crippen LogP contribution in [0.5, 0.6) is 0 Å². The average molecular weight is 317 g/mol. The fourth-order valence-electron chi connectivity index (χ4n) is 0.973. The highest BCUT2D eigenvalue weighted by Crippen LogP contribution is 2.35. The molecule has 2 N–H and O–H groups in total. The summed E-state index contributed by atoms with van der Waals surface area (Å²) in [6.45, 7) is 0. The molecule has 0 saturated heterocycles. The van der Waals surface area contributed by atoms with Gasteiger partial charge < -0.3 is 5.11 Å². The minimum Gasteiger partial charge on any atom is -0.481 e. The summed E-state index contributed by atoms with van der Waals surface area (Å²) in [5, 5.41) is 8.29. The van der Waals surface area contributed by atoms with Crippen LogP contribution in [-0.2, 0) is 14.9 Å². The lowest BCUT2D eigenvalue weighted by Crippen LogP contribution is -2.01. The lowest BCUT2D eigenvalue weighted by Gasteiger charge is -2.07. The average Bonchev–Trinajstić information content (AvgIpc) is 2.17. The second kappa shape index (κ2) is 5.45. The Balaban J connectivity index is 3.24. The number of hydrogen-bond donors (Lipinski definition) is 2. The molecule has 5 nitrogen and oxygen atoms in total. The summed E-state index contributed by atoms with van der Waals surface area (Å²) in [6, 6.07) is 2.32. The van der Waals surface area contributed by atoms with E-state index in [1.807, 2.05) is 0 Å². The molecule has 0 spiro atoms. The Morgan fingerprint density at radius 2 is 1.94 bits per heavy atom. The monoisotopic (exact) mass is 316 g/mol. The van der Waals surface area contributed by atoms with Crippen molar-refractivity contribution in [2.75, 3.05) is 5.75 Å². The fourth-order valence-corrected chi connectivity index (χ4v) is 3.29. The van der Waals surface area contributed by atoms with E-state index in [0.29, 0.717) is 0 Å². The van der Waals surface area contributed by atoms with Crippen LogP contribution in [0, 0.1) is 0 Å². The first-order chi connectivity index (χ1) is 7.71. The maximum absolute atomic E-state index is 11.0. The molecule has 0 aliphatic heterocycles. The number of rotatable bonds is 4. The first kappa shape index (κ1) is 14.6. The molecule has 0 amide bonds. The molecule has 0 saturated carbocycles. The molecule has 0 radical (unpaired) electrons. The minimum atomic E-state index is -4.49. The lowest BCUT2D eigenvalue weighted by atomic mass is 10.3.